The molecule has 2 rings (SSSR count). The molecule has 6 nitrogen and oxygen atoms in total. The lowest BCUT2D eigenvalue weighted by Crippen LogP contribution is -2.12. The molecule has 0 aliphatic heterocycles. The largest absolute Gasteiger partial charge is 0.484 e. The fraction of sp³-hybridized carbons (Fsp3) is 0.250. The average Bonchev–Trinajstić information content (AvgIpc) is 2.54. The molecule has 0 amide bonds. The first-order valence-corrected chi connectivity index (χ1v) is 7.01. The number of halogens is 2. The third-order valence-electron chi connectivity index (χ3n) is 3.38. The molecule has 0 fully saturated rings. The molecule has 0 spiro atoms. The van der Waals surface area contributed by atoms with Gasteiger partial charge in [0.2, 0.25) is 0 Å². The number of ether oxygens (including phenoxy) is 1. The van der Waals surface area contributed by atoms with E-state index in [1.54, 1.807) is 25.1 Å². The maximum atomic E-state index is 13.2. The molecule has 2 aromatic carbocycles. The zero-order valence-electron chi connectivity index (χ0n) is 13.1. The third-order valence-corrected chi connectivity index (χ3v) is 3.38. The topological polar surface area (TPSA) is 75.8 Å². The van der Waals surface area contributed by atoms with Crippen LogP contribution in [0.5, 0.6) is 5.75 Å². The molecule has 0 aliphatic carbocycles. The van der Waals surface area contributed by atoms with Gasteiger partial charge >= 0.3 is 5.69 Å². The average molecular weight is 338 g/mol. The Kier molecular flexibility index (Phi) is 5.30. The van der Waals surface area contributed by atoms with Gasteiger partial charge in [-0.2, -0.15) is 0 Å². The SMILES string of the molecule is CN(C)c1ccc([N+](=O)[O-])c(OCC(O)c2ccc(F)c(F)c2)c1. The minimum absolute atomic E-state index is 0.0205. The maximum Gasteiger partial charge on any atom is 0.311 e. The van der Waals surface area contributed by atoms with E-state index in [1.807, 2.05) is 0 Å². The molecule has 0 radical (unpaired) electrons. The quantitative estimate of drug-likeness (QED) is 0.647. The summed E-state index contributed by atoms with van der Waals surface area (Å²) in [5.74, 6) is -2.14. The van der Waals surface area contributed by atoms with E-state index in [9.17, 15) is 24.0 Å². The lowest BCUT2D eigenvalue weighted by atomic mass is 10.1. The summed E-state index contributed by atoms with van der Waals surface area (Å²) in [5, 5.41) is 21.1. The number of benzene rings is 2. The second-order valence-corrected chi connectivity index (χ2v) is 5.30. The summed E-state index contributed by atoms with van der Waals surface area (Å²) in [6, 6.07) is 7.30. The van der Waals surface area contributed by atoms with Gasteiger partial charge in [-0.05, 0) is 23.8 Å². The third kappa shape index (κ3) is 3.96. The second-order valence-electron chi connectivity index (χ2n) is 5.30. The number of anilines is 1. The van der Waals surface area contributed by atoms with Crippen LogP contribution in [-0.2, 0) is 0 Å². The number of nitrogens with zero attached hydrogens (tertiary/aromatic N) is 2. The summed E-state index contributed by atoms with van der Waals surface area (Å²) in [4.78, 5) is 12.2. The molecule has 0 bridgehead atoms. The van der Waals surface area contributed by atoms with E-state index in [1.165, 1.54) is 18.2 Å². The van der Waals surface area contributed by atoms with Gasteiger partial charge in [0.25, 0.3) is 0 Å². The van der Waals surface area contributed by atoms with Crippen molar-refractivity contribution in [3.8, 4) is 5.75 Å². The second kappa shape index (κ2) is 7.22. The van der Waals surface area contributed by atoms with Gasteiger partial charge in [-0.15, -0.1) is 0 Å². The molecule has 0 saturated heterocycles. The lowest BCUT2D eigenvalue weighted by molar-refractivity contribution is -0.385. The molecule has 2 aromatic rings. The highest BCUT2D eigenvalue weighted by atomic mass is 19.2. The molecular formula is C16H16F2N2O4. The van der Waals surface area contributed by atoms with Crippen molar-refractivity contribution in [3.05, 3.63) is 63.7 Å². The van der Waals surface area contributed by atoms with Crippen molar-refractivity contribution in [3.63, 3.8) is 0 Å². The molecule has 0 saturated carbocycles. The Labute approximate surface area is 137 Å². The number of hydrogen-bond donors (Lipinski definition) is 1. The van der Waals surface area contributed by atoms with Gasteiger partial charge in [0.1, 0.15) is 12.7 Å². The number of rotatable bonds is 6. The van der Waals surface area contributed by atoms with E-state index in [4.69, 9.17) is 4.74 Å². The number of aliphatic hydroxyl groups is 1. The van der Waals surface area contributed by atoms with Crippen molar-refractivity contribution in [1.82, 2.24) is 0 Å². The van der Waals surface area contributed by atoms with E-state index >= 15 is 0 Å². The van der Waals surface area contributed by atoms with E-state index in [0.29, 0.717) is 5.69 Å². The van der Waals surface area contributed by atoms with Gasteiger partial charge in [0, 0.05) is 31.9 Å². The van der Waals surface area contributed by atoms with Crippen molar-refractivity contribution >= 4 is 11.4 Å². The van der Waals surface area contributed by atoms with Gasteiger partial charge in [0.15, 0.2) is 17.4 Å². The smallest absolute Gasteiger partial charge is 0.311 e. The van der Waals surface area contributed by atoms with Crippen LogP contribution >= 0.6 is 0 Å². The summed E-state index contributed by atoms with van der Waals surface area (Å²) >= 11 is 0. The summed E-state index contributed by atoms with van der Waals surface area (Å²) in [6.45, 7) is -0.344. The fourth-order valence-corrected chi connectivity index (χ4v) is 2.03. The number of nitro groups is 1. The standard InChI is InChI=1S/C16H16F2N2O4/c1-19(2)11-4-6-14(20(22)23)16(8-11)24-9-15(21)10-3-5-12(17)13(18)7-10/h3-8,15,21H,9H2,1-2H3. The molecule has 1 unspecified atom stereocenters. The molecule has 8 heteroatoms. The van der Waals surface area contributed by atoms with Crippen LogP contribution in [0.1, 0.15) is 11.7 Å². The van der Waals surface area contributed by atoms with Crippen LogP contribution in [-0.4, -0.2) is 30.7 Å². The maximum absolute atomic E-state index is 13.2. The van der Waals surface area contributed by atoms with Crippen LogP contribution in [0.4, 0.5) is 20.2 Å². The van der Waals surface area contributed by atoms with Crippen LogP contribution < -0.4 is 9.64 Å². The van der Waals surface area contributed by atoms with Crippen molar-refractivity contribution in [1.29, 1.82) is 0 Å². The molecular weight excluding hydrogens is 322 g/mol. The minimum Gasteiger partial charge on any atom is -0.484 e. The summed E-state index contributed by atoms with van der Waals surface area (Å²) in [6.07, 6.45) is -1.26. The Morgan fingerprint density at radius 1 is 1.21 bits per heavy atom. The predicted molar refractivity (Wildman–Crippen MR) is 84.2 cm³/mol. The Bertz CT molecular complexity index is 753. The molecule has 128 valence electrons. The Morgan fingerprint density at radius 2 is 1.92 bits per heavy atom. The van der Waals surface area contributed by atoms with Gasteiger partial charge in [-0.25, -0.2) is 8.78 Å². The van der Waals surface area contributed by atoms with Crippen molar-refractivity contribution < 1.29 is 23.5 Å². The van der Waals surface area contributed by atoms with Crippen molar-refractivity contribution in [2.75, 3.05) is 25.6 Å². The highest BCUT2D eigenvalue weighted by molar-refractivity contribution is 5.58. The lowest BCUT2D eigenvalue weighted by Gasteiger charge is -2.16. The first-order valence-electron chi connectivity index (χ1n) is 7.01. The fourth-order valence-electron chi connectivity index (χ4n) is 2.03. The van der Waals surface area contributed by atoms with Gasteiger partial charge in [0.05, 0.1) is 4.92 Å². The predicted octanol–water partition coefficient (Wildman–Crippen LogP) is 3.05. The van der Waals surface area contributed by atoms with Crippen LogP contribution in [0.3, 0.4) is 0 Å². The van der Waals surface area contributed by atoms with E-state index in [-0.39, 0.29) is 23.6 Å². The number of hydrogen-bond acceptors (Lipinski definition) is 5. The molecule has 24 heavy (non-hydrogen) atoms. The zero-order chi connectivity index (χ0) is 17.9. The Morgan fingerprint density at radius 3 is 2.50 bits per heavy atom. The molecule has 0 aliphatic rings. The number of nitro benzene ring substituents is 1. The van der Waals surface area contributed by atoms with Crippen LogP contribution in [0.25, 0.3) is 0 Å². The Balaban J connectivity index is 2.19. The monoisotopic (exact) mass is 338 g/mol. The summed E-state index contributed by atoms with van der Waals surface area (Å²) in [5.41, 5.74) is 0.538. The van der Waals surface area contributed by atoms with Gasteiger partial charge < -0.3 is 14.7 Å². The first kappa shape index (κ1) is 17.6. The minimum atomic E-state index is -1.26. The summed E-state index contributed by atoms with van der Waals surface area (Å²) in [7, 11) is 3.53. The van der Waals surface area contributed by atoms with Gasteiger partial charge in [-0.3, -0.25) is 10.1 Å². The van der Waals surface area contributed by atoms with Crippen LogP contribution in [0.15, 0.2) is 36.4 Å². The highest BCUT2D eigenvalue weighted by Gasteiger charge is 2.19. The van der Waals surface area contributed by atoms with Crippen molar-refractivity contribution in [2.45, 2.75) is 6.10 Å². The van der Waals surface area contributed by atoms with Gasteiger partial charge in [-0.1, -0.05) is 6.07 Å². The Hall–Kier alpha value is -2.74. The zero-order valence-corrected chi connectivity index (χ0v) is 13.1. The molecule has 0 heterocycles. The van der Waals surface area contributed by atoms with E-state index < -0.39 is 22.7 Å². The number of aliphatic hydroxyl groups excluding tert-OH is 1. The van der Waals surface area contributed by atoms with Crippen LogP contribution in [0.2, 0.25) is 0 Å². The first-order chi connectivity index (χ1) is 11.3. The van der Waals surface area contributed by atoms with E-state index in [0.717, 1.165) is 12.1 Å². The normalized spacial score (nSPS) is 11.9. The molecule has 1 N–H and O–H groups in total. The summed E-state index contributed by atoms with van der Waals surface area (Å²) < 4.78 is 31.4. The van der Waals surface area contributed by atoms with Crippen LogP contribution in [0, 0.1) is 21.7 Å². The van der Waals surface area contributed by atoms with E-state index in [2.05, 4.69) is 0 Å². The highest BCUT2D eigenvalue weighted by Crippen LogP contribution is 2.32. The molecule has 0 aromatic heterocycles. The molecule has 1 atom stereocenters. The van der Waals surface area contributed by atoms with Crippen molar-refractivity contribution in [2.24, 2.45) is 0 Å².